The molecule has 2 aliphatic rings. The Morgan fingerprint density at radius 2 is 1.85 bits per heavy atom. The molecule has 0 atom stereocenters. The van der Waals surface area contributed by atoms with Crippen molar-refractivity contribution in [3.63, 3.8) is 0 Å². The number of H-pyrrole nitrogens is 1. The molecule has 12 heteroatoms. The Kier molecular flexibility index (Phi) is 6.71. The molecule has 5 heterocycles. The second-order valence-electron chi connectivity index (χ2n) is 10.6. The molecule has 2 saturated heterocycles. The number of ether oxygens (including phenoxy) is 1. The number of likely N-dealkylation sites (N-methyl/N-ethyl adjacent to an activating group) is 1. The van der Waals surface area contributed by atoms with Gasteiger partial charge in [-0.25, -0.2) is 9.97 Å². The first-order valence-electron chi connectivity index (χ1n) is 13.3. The summed E-state index contributed by atoms with van der Waals surface area (Å²) in [5, 5.41) is 9.28. The molecule has 4 aromatic rings. The maximum Gasteiger partial charge on any atom is 0.246 e. The van der Waals surface area contributed by atoms with Crippen LogP contribution in [0.25, 0.3) is 21.8 Å². The number of nitrogens with one attached hydrogen (secondary N) is 1. The number of aromatic nitrogens is 5. The number of benzene rings is 1. The van der Waals surface area contributed by atoms with Crippen LogP contribution in [0.15, 0.2) is 31.0 Å². The van der Waals surface area contributed by atoms with Gasteiger partial charge in [0.15, 0.2) is 5.75 Å². The van der Waals surface area contributed by atoms with E-state index in [9.17, 15) is 4.79 Å². The predicted octanol–water partition coefficient (Wildman–Crippen LogP) is 3.55. The third kappa shape index (κ3) is 4.58. The van der Waals surface area contributed by atoms with Crippen molar-refractivity contribution in [1.82, 2.24) is 34.9 Å². The van der Waals surface area contributed by atoms with Crippen molar-refractivity contribution < 1.29 is 9.53 Å². The molecule has 1 amide bonds. The van der Waals surface area contributed by atoms with Crippen molar-refractivity contribution in [1.29, 1.82) is 0 Å². The number of hydrogen-bond donors (Lipinski definition) is 1. The predicted molar refractivity (Wildman–Crippen MR) is 157 cm³/mol. The monoisotopic (exact) mass is 561 g/mol. The van der Waals surface area contributed by atoms with E-state index in [2.05, 4.69) is 45.6 Å². The van der Waals surface area contributed by atoms with Crippen LogP contribution in [0.3, 0.4) is 0 Å². The lowest BCUT2D eigenvalue weighted by Gasteiger charge is -2.43. The van der Waals surface area contributed by atoms with Gasteiger partial charge in [0.2, 0.25) is 17.7 Å². The fourth-order valence-electron chi connectivity index (χ4n) is 5.22. The van der Waals surface area contributed by atoms with Crippen LogP contribution in [0, 0.1) is 13.8 Å². The van der Waals surface area contributed by atoms with E-state index < -0.39 is 0 Å². The van der Waals surface area contributed by atoms with Crippen LogP contribution in [0.4, 0.5) is 11.8 Å². The van der Waals surface area contributed by atoms with Gasteiger partial charge in [-0.15, -0.1) is 0 Å². The van der Waals surface area contributed by atoms with Gasteiger partial charge in [0.05, 0.1) is 27.5 Å². The second-order valence-corrected chi connectivity index (χ2v) is 11.0. The quantitative estimate of drug-likeness (QED) is 0.354. The zero-order valence-corrected chi connectivity index (χ0v) is 23.9. The number of hydrogen-bond acceptors (Lipinski definition) is 9. The highest BCUT2D eigenvalue weighted by atomic mass is 35.5. The minimum absolute atomic E-state index is 0.0560. The molecule has 0 aliphatic carbocycles. The van der Waals surface area contributed by atoms with Crippen LogP contribution < -0.4 is 14.5 Å². The number of rotatable bonds is 6. The van der Waals surface area contributed by atoms with Crippen molar-refractivity contribution in [2.45, 2.75) is 19.9 Å². The number of amides is 1. The van der Waals surface area contributed by atoms with Crippen molar-refractivity contribution in [3.05, 3.63) is 47.3 Å². The Bertz CT molecular complexity index is 1620. The van der Waals surface area contributed by atoms with Gasteiger partial charge in [0, 0.05) is 51.0 Å². The fourth-order valence-corrected chi connectivity index (χ4v) is 5.42. The van der Waals surface area contributed by atoms with E-state index in [1.54, 1.807) is 6.20 Å². The number of piperazine rings is 1. The number of fused-ring (bicyclic) bond motifs is 2. The number of carbonyl (C=O) groups is 1. The van der Waals surface area contributed by atoms with Gasteiger partial charge in [0.1, 0.15) is 11.3 Å². The third-order valence-electron chi connectivity index (χ3n) is 7.71. The summed E-state index contributed by atoms with van der Waals surface area (Å²) in [6.45, 7) is 11.6. The van der Waals surface area contributed by atoms with E-state index in [1.165, 1.54) is 6.08 Å². The fraction of sp³-hybridized carbons (Fsp3) is 0.393. The summed E-state index contributed by atoms with van der Waals surface area (Å²) < 4.78 is 6.50. The minimum Gasteiger partial charge on any atom is -0.435 e. The zero-order valence-electron chi connectivity index (χ0n) is 23.1. The maximum atomic E-state index is 12.2. The van der Waals surface area contributed by atoms with Crippen LogP contribution in [-0.2, 0) is 4.79 Å². The summed E-state index contributed by atoms with van der Waals surface area (Å²) in [4.78, 5) is 35.4. The highest BCUT2D eigenvalue weighted by Gasteiger charge is 2.32. The molecular formula is C28H32ClN9O2. The van der Waals surface area contributed by atoms with Crippen LogP contribution >= 0.6 is 11.6 Å². The minimum atomic E-state index is -0.0560. The van der Waals surface area contributed by atoms with Crippen LogP contribution in [0.2, 0.25) is 5.02 Å². The topological polar surface area (TPSA) is 107 Å². The summed E-state index contributed by atoms with van der Waals surface area (Å²) in [6.07, 6.45) is 3.07. The summed E-state index contributed by atoms with van der Waals surface area (Å²) >= 11 is 6.75. The van der Waals surface area contributed by atoms with E-state index in [4.69, 9.17) is 31.3 Å². The molecule has 0 saturated carbocycles. The molecule has 40 heavy (non-hydrogen) atoms. The Balaban J connectivity index is 1.46. The van der Waals surface area contributed by atoms with Crippen LogP contribution in [0.5, 0.6) is 11.6 Å². The van der Waals surface area contributed by atoms with Gasteiger partial charge >= 0.3 is 0 Å². The third-order valence-corrected chi connectivity index (χ3v) is 8.18. The molecule has 11 nitrogen and oxygen atoms in total. The molecule has 2 fully saturated rings. The standard InChI is InChI=1S/C28H32ClN9O2/c1-6-22(39)36-7-9-37(10-8-36)26-19-12-17(3)31-27(24(19)32-28(33-26)38-14-18(15-38)35(4)5)40-25-20-13-30-34-21(20)11-16(2)23(25)29/h6,11-13,18H,1,7-10,14-15H2,2-5H3,(H,30,34). The second kappa shape index (κ2) is 10.2. The molecule has 0 radical (unpaired) electrons. The van der Waals surface area contributed by atoms with Gasteiger partial charge in [-0.05, 0) is 51.7 Å². The molecule has 1 N–H and O–H groups in total. The lowest BCUT2D eigenvalue weighted by molar-refractivity contribution is -0.126. The van der Waals surface area contributed by atoms with Crippen LogP contribution in [0.1, 0.15) is 11.3 Å². The van der Waals surface area contributed by atoms with Gasteiger partial charge in [-0.3, -0.25) is 9.89 Å². The van der Waals surface area contributed by atoms with Gasteiger partial charge in [-0.1, -0.05) is 18.2 Å². The Morgan fingerprint density at radius 1 is 1.10 bits per heavy atom. The van der Waals surface area contributed by atoms with Crippen molar-refractivity contribution in [2.24, 2.45) is 0 Å². The largest absolute Gasteiger partial charge is 0.435 e. The zero-order chi connectivity index (χ0) is 28.1. The molecule has 6 rings (SSSR count). The average molecular weight is 562 g/mol. The molecular weight excluding hydrogens is 530 g/mol. The molecule has 0 unspecified atom stereocenters. The van der Waals surface area contributed by atoms with E-state index in [0.29, 0.717) is 60.3 Å². The maximum absolute atomic E-state index is 12.2. The molecule has 1 aromatic carbocycles. The summed E-state index contributed by atoms with van der Waals surface area (Å²) in [7, 11) is 4.17. The van der Waals surface area contributed by atoms with Gasteiger partial charge in [-0.2, -0.15) is 10.1 Å². The Morgan fingerprint density at radius 3 is 2.55 bits per heavy atom. The Labute approximate surface area is 237 Å². The van der Waals surface area contributed by atoms with Crippen LogP contribution in [-0.4, -0.2) is 100 Å². The first-order chi connectivity index (χ1) is 19.2. The average Bonchev–Trinajstić information content (AvgIpc) is 3.37. The number of nitrogens with zero attached hydrogens (tertiary/aromatic N) is 8. The molecule has 3 aromatic heterocycles. The number of halogens is 1. The number of carbonyl (C=O) groups excluding carboxylic acids is 1. The smallest absolute Gasteiger partial charge is 0.246 e. The number of aromatic amines is 1. The summed E-state index contributed by atoms with van der Waals surface area (Å²) in [6, 6.07) is 4.37. The summed E-state index contributed by atoms with van der Waals surface area (Å²) in [5.41, 5.74) is 3.07. The van der Waals surface area contributed by atoms with Gasteiger partial charge < -0.3 is 24.3 Å². The molecule has 208 valence electrons. The van der Waals surface area contributed by atoms with Gasteiger partial charge in [0.25, 0.3) is 0 Å². The lowest BCUT2D eigenvalue weighted by atomic mass is 10.1. The highest BCUT2D eigenvalue weighted by Crippen LogP contribution is 2.41. The van der Waals surface area contributed by atoms with E-state index in [-0.39, 0.29) is 5.91 Å². The Hall–Kier alpha value is -3.96. The number of anilines is 2. The van der Waals surface area contributed by atoms with Crippen molar-refractivity contribution >= 4 is 51.1 Å². The SMILES string of the molecule is C=CC(=O)N1CCN(c2nc(N3CC(N(C)C)C3)nc3c(Oc4c(Cl)c(C)cc5[nH]ncc45)nc(C)cc23)CC1. The first-order valence-corrected chi connectivity index (χ1v) is 13.7. The first kappa shape index (κ1) is 26.3. The molecule has 2 aliphatic heterocycles. The number of aryl methyl sites for hydroxylation is 2. The number of pyridine rings is 1. The van der Waals surface area contributed by atoms with E-state index >= 15 is 0 Å². The molecule has 0 spiro atoms. The van der Waals surface area contributed by atoms with E-state index in [0.717, 1.165) is 46.5 Å². The lowest BCUT2D eigenvalue weighted by Crippen LogP contribution is -2.58. The normalized spacial score (nSPS) is 16.2. The highest BCUT2D eigenvalue weighted by molar-refractivity contribution is 6.34. The summed E-state index contributed by atoms with van der Waals surface area (Å²) in [5.74, 6) is 2.22. The van der Waals surface area contributed by atoms with Crippen molar-refractivity contribution in [3.8, 4) is 11.6 Å². The van der Waals surface area contributed by atoms with E-state index in [1.807, 2.05) is 30.9 Å². The van der Waals surface area contributed by atoms with Crippen molar-refractivity contribution in [2.75, 3.05) is 63.2 Å². The molecule has 0 bridgehead atoms.